The van der Waals surface area contributed by atoms with Crippen LogP contribution in [0.4, 0.5) is 0 Å². The molecule has 8 heteroatoms. The fraction of sp³-hybridized carbons (Fsp3) is 0.571. The molecule has 0 unspecified atom stereocenters. The molecule has 2 rings (SSSR count). The fourth-order valence-electron chi connectivity index (χ4n) is 2.50. The van der Waals surface area contributed by atoms with Crippen molar-refractivity contribution >= 4 is 20.0 Å². The van der Waals surface area contributed by atoms with E-state index in [1.165, 1.54) is 8.61 Å². The highest BCUT2D eigenvalue weighted by atomic mass is 32.2. The van der Waals surface area contributed by atoms with Gasteiger partial charge < -0.3 is 0 Å². The van der Waals surface area contributed by atoms with Crippen LogP contribution in [0.1, 0.15) is 12.0 Å². The number of benzene rings is 1. The highest BCUT2D eigenvalue weighted by molar-refractivity contribution is 7.89. The number of aryl methyl sites for hydroxylation is 1. The van der Waals surface area contributed by atoms with Crippen LogP contribution in [0, 0.1) is 0 Å². The van der Waals surface area contributed by atoms with E-state index in [0.29, 0.717) is 25.9 Å². The Hall–Kier alpha value is -0.960. The van der Waals surface area contributed by atoms with Crippen molar-refractivity contribution in [2.45, 2.75) is 12.8 Å². The maximum Gasteiger partial charge on any atom is 0.214 e. The van der Waals surface area contributed by atoms with E-state index in [4.69, 9.17) is 0 Å². The molecule has 0 aromatic heterocycles. The number of rotatable bonds is 5. The molecule has 1 aliphatic rings. The largest absolute Gasteiger partial charge is 0.214 e. The smallest absolute Gasteiger partial charge is 0.213 e. The standard InChI is InChI=1S/C14H22N2O4S2/c1-21(17,18)15-9-5-10-16(12-11-15)22(19,20)13-8-14-6-3-2-4-7-14/h2-4,6-7H,5,8-13H2,1H3. The van der Waals surface area contributed by atoms with Crippen LogP contribution < -0.4 is 0 Å². The first-order chi connectivity index (χ1) is 10.3. The first-order valence-corrected chi connectivity index (χ1v) is 10.7. The zero-order chi connectivity index (χ0) is 16.2. The van der Waals surface area contributed by atoms with Gasteiger partial charge in [0.25, 0.3) is 0 Å². The van der Waals surface area contributed by atoms with Gasteiger partial charge in [0.05, 0.1) is 12.0 Å². The molecule has 0 N–H and O–H groups in total. The Kier molecular flexibility index (Phi) is 5.60. The van der Waals surface area contributed by atoms with Crippen molar-refractivity contribution in [2.75, 3.05) is 38.2 Å². The SMILES string of the molecule is CS(=O)(=O)N1CCCN(S(=O)(=O)CCc2ccccc2)CC1. The summed E-state index contributed by atoms with van der Waals surface area (Å²) in [7, 11) is -6.62. The van der Waals surface area contributed by atoms with Crippen molar-refractivity contribution in [3.63, 3.8) is 0 Å². The number of hydrogen-bond donors (Lipinski definition) is 0. The third kappa shape index (κ3) is 4.77. The van der Waals surface area contributed by atoms with Gasteiger partial charge in [0.2, 0.25) is 20.0 Å². The van der Waals surface area contributed by atoms with Gasteiger partial charge >= 0.3 is 0 Å². The second kappa shape index (κ2) is 7.08. The summed E-state index contributed by atoms with van der Waals surface area (Å²) in [5, 5.41) is 0. The predicted molar refractivity (Wildman–Crippen MR) is 86.5 cm³/mol. The third-order valence-electron chi connectivity index (χ3n) is 3.77. The third-order valence-corrected chi connectivity index (χ3v) is 6.94. The summed E-state index contributed by atoms with van der Waals surface area (Å²) < 4.78 is 50.7. The van der Waals surface area contributed by atoms with Gasteiger partial charge in [-0.2, -0.15) is 0 Å². The molecule has 1 heterocycles. The van der Waals surface area contributed by atoms with Crippen LogP contribution in [-0.4, -0.2) is 63.6 Å². The summed E-state index contributed by atoms with van der Waals surface area (Å²) in [5.74, 6) is 0.0515. The van der Waals surface area contributed by atoms with Crippen molar-refractivity contribution in [1.82, 2.24) is 8.61 Å². The molecule has 1 fully saturated rings. The Morgan fingerprint density at radius 3 is 2.14 bits per heavy atom. The molecule has 1 saturated heterocycles. The van der Waals surface area contributed by atoms with Crippen LogP contribution in [-0.2, 0) is 26.5 Å². The minimum absolute atomic E-state index is 0.0515. The van der Waals surface area contributed by atoms with Crippen molar-refractivity contribution in [1.29, 1.82) is 0 Å². The second-order valence-corrected chi connectivity index (χ2v) is 9.54. The van der Waals surface area contributed by atoms with E-state index in [0.717, 1.165) is 11.8 Å². The Morgan fingerprint density at radius 2 is 1.50 bits per heavy atom. The van der Waals surface area contributed by atoms with Crippen LogP contribution in [0.5, 0.6) is 0 Å². The van der Waals surface area contributed by atoms with Crippen LogP contribution in [0.15, 0.2) is 30.3 Å². The molecule has 1 aromatic carbocycles. The molecule has 6 nitrogen and oxygen atoms in total. The lowest BCUT2D eigenvalue weighted by molar-refractivity contribution is 0.406. The van der Waals surface area contributed by atoms with Gasteiger partial charge in [0.1, 0.15) is 0 Å². The number of hydrogen-bond acceptors (Lipinski definition) is 4. The summed E-state index contributed by atoms with van der Waals surface area (Å²) >= 11 is 0. The molecule has 0 spiro atoms. The lowest BCUT2D eigenvalue weighted by atomic mass is 10.2. The van der Waals surface area contributed by atoms with E-state index in [1.807, 2.05) is 30.3 Å². The summed E-state index contributed by atoms with van der Waals surface area (Å²) in [4.78, 5) is 0. The predicted octanol–water partition coefficient (Wildman–Crippen LogP) is 0.526. The van der Waals surface area contributed by atoms with Crippen LogP contribution in [0.3, 0.4) is 0 Å². The number of nitrogens with zero attached hydrogens (tertiary/aromatic N) is 2. The summed E-state index contributed by atoms with van der Waals surface area (Å²) in [6.07, 6.45) is 2.15. The Morgan fingerprint density at radius 1 is 0.909 bits per heavy atom. The molecule has 22 heavy (non-hydrogen) atoms. The quantitative estimate of drug-likeness (QED) is 0.779. The summed E-state index contributed by atoms with van der Waals surface area (Å²) in [5.41, 5.74) is 0.985. The molecule has 1 aromatic rings. The molecule has 0 saturated carbocycles. The molecular formula is C14H22N2O4S2. The molecule has 1 aliphatic heterocycles. The lowest BCUT2D eigenvalue weighted by Gasteiger charge is -2.20. The molecule has 0 amide bonds. The average Bonchev–Trinajstić information content (AvgIpc) is 2.72. The van der Waals surface area contributed by atoms with E-state index in [9.17, 15) is 16.8 Å². The average molecular weight is 346 g/mol. The van der Waals surface area contributed by atoms with E-state index in [-0.39, 0.29) is 18.8 Å². The highest BCUT2D eigenvalue weighted by Gasteiger charge is 2.27. The van der Waals surface area contributed by atoms with Crippen molar-refractivity contribution in [2.24, 2.45) is 0 Å². The molecule has 0 bridgehead atoms. The molecular weight excluding hydrogens is 324 g/mol. The van der Waals surface area contributed by atoms with Crippen molar-refractivity contribution in [3.8, 4) is 0 Å². The topological polar surface area (TPSA) is 74.8 Å². The van der Waals surface area contributed by atoms with Gasteiger partial charge in [0, 0.05) is 26.2 Å². The van der Waals surface area contributed by atoms with E-state index in [1.54, 1.807) is 0 Å². The van der Waals surface area contributed by atoms with E-state index >= 15 is 0 Å². The van der Waals surface area contributed by atoms with Crippen LogP contribution >= 0.6 is 0 Å². The van der Waals surface area contributed by atoms with Gasteiger partial charge in [0.15, 0.2) is 0 Å². The maximum absolute atomic E-state index is 12.4. The van der Waals surface area contributed by atoms with Crippen molar-refractivity contribution < 1.29 is 16.8 Å². The Bertz CT molecular complexity index is 687. The fourth-order valence-corrected chi connectivity index (χ4v) is 4.89. The second-order valence-electron chi connectivity index (χ2n) is 5.47. The number of sulfonamides is 2. The van der Waals surface area contributed by atoms with Gasteiger partial charge in [-0.3, -0.25) is 0 Å². The van der Waals surface area contributed by atoms with Gasteiger partial charge in [-0.1, -0.05) is 30.3 Å². The lowest BCUT2D eigenvalue weighted by Crippen LogP contribution is -2.38. The normalized spacial score (nSPS) is 19.0. The first kappa shape index (κ1) is 17.4. The van der Waals surface area contributed by atoms with Crippen molar-refractivity contribution in [3.05, 3.63) is 35.9 Å². The zero-order valence-corrected chi connectivity index (χ0v) is 14.3. The monoisotopic (exact) mass is 346 g/mol. The minimum atomic E-state index is -3.36. The molecule has 124 valence electrons. The summed E-state index contributed by atoms with van der Waals surface area (Å²) in [6.45, 7) is 1.21. The highest BCUT2D eigenvalue weighted by Crippen LogP contribution is 2.12. The first-order valence-electron chi connectivity index (χ1n) is 7.26. The minimum Gasteiger partial charge on any atom is -0.213 e. The summed E-state index contributed by atoms with van der Waals surface area (Å²) in [6, 6.07) is 9.48. The maximum atomic E-state index is 12.4. The Labute approximate surface area is 132 Å². The van der Waals surface area contributed by atoms with Crippen LogP contribution in [0.25, 0.3) is 0 Å². The van der Waals surface area contributed by atoms with E-state index < -0.39 is 20.0 Å². The molecule has 0 radical (unpaired) electrons. The van der Waals surface area contributed by atoms with Crippen LogP contribution in [0.2, 0.25) is 0 Å². The zero-order valence-electron chi connectivity index (χ0n) is 12.7. The molecule has 0 aliphatic carbocycles. The van der Waals surface area contributed by atoms with Gasteiger partial charge in [-0.25, -0.2) is 25.4 Å². The van der Waals surface area contributed by atoms with Gasteiger partial charge in [-0.15, -0.1) is 0 Å². The molecule has 0 atom stereocenters. The van der Waals surface area contributed by atoms with Gasteiger partial charge in [-0.05, 0) is 18.4 Å². The Balaban J connectivity index is 1.98. The van der Waals surface area contributed by atoms with E-state index in [2.05, 4.69) is 0 Å².